The van der Waals surface area contributed by atoms with Crippen molar-refractivity contribution in [3.63, 3.8) is 0 Å². The van der Waals surface area contributed by atoms with Crippen molar-refractivity contribution in [2.45, 2.75) is 24.6 Å². The maximum atomic E-state index is 6.18. The van der Waals surface area contributed by atoms with Gasteiger partial charge in [0.2, 0.25) is 0 Å². The summed E-state index contributed by atoms with van der Waals surface area (Å²) in [6.07, 6.45) is 7.52. The molecule has 0 saturated heterocycles. The van der Waals surface area contributed by atoms with E-state index in [1.165, 1.54) is 22.9 Å². The minimum Gasteiger partial charge on any atom is -0.256 e. The minimum atomic E-state index is 0.185. The van der Waals surface area contributed by atoms with E-state index in [9.17, 15) is 0 Å². The van der Waals surface area contributed by atoms with E-state index in [-0.39, 0.29) is 5.38 Å². The normalized spacial score (nSPS) is 20.3. The SMILES string of the molecule is ClC1C=C(c2cnc3ccccc3c2)CCC1. The third-order valence-electron chi connectivity index (χ3n) is 3.27. The van der Waals surface area contributed by atoms with Crippen LogP contribution in [0.25, 0.3) is 16.5 Å². The van der Waals surface area contributed by atoms with E-state index in [4.69, 9.17) is 11.6 Å². The molecule has 3 rings (SSSR count). The molecule has 1 unspecified atom stereocenters. The Morgan fingerprint density at radius 3 is 3.00 bits per heavy atom. The number of alkyl halides is 1. The molecule has 2 heteroatoms. The van der Waals surface area contributed by atoms with Gasteiger partial charge in [-0.3, -0.25) is 4.98 Å². The fraction of sp³-hybridized carbons (Fsp3) is 0.267. The predicted molar refractivity (Wildman–Crippen MR) is 73.2 cm³/mol. The van der Waals surface area contributed by atoms with Gasteiger partial charge >= 0.3 is 0 Å². The number of rotatable bonds is 1. The maximum absolute atomic E-state index is 6.18. The molecule has 1 nitrogen and oxygen atoms in total. The lowest BCUT2D eigenvalue weighted by Crippen LogP contribution is -2.02. The second kappa shape index (κ2) is 4.50. The highest BCUT2D eigenvalue weighted by Crippen LogP contribution is 2.29. The third-order valence-corrected chi connectivity index (χ3v) is 3.61. The molecule has 0 radical (unpaired) electrons. The number of hydrogen-bond donors (Lipinski definition) is 0. The number of benzene rings is 1. The molecule has 1 aromatic carbocycles. The molecule has 1 atom stereocenters. The molecule has 17 heavy (non-hydrogen) atoms. The molecule has 0 fully saturated rings. The van der Waals surface area contributed by atoms with Crippen molar-refractivity contribution in [3.8, 4) is 0 Å². The fourth-order valence-electron chi connectivity index (χ4n) is 2.36. The van der Waals surface area contributed by atoms with E-state index in [0.29, 0.717) is 0 Å². The summed E-state index contributed by atoms with van der Waals surface area (Å²) in [6.45, 7) is 0. The molecular formula is C15H14ClN. The first-order valence-corrected chi connectivity index (χ1v) is 6.46. The Morgan fingerprint density at radius 2 is 2.12 bits per heavy atom. The minimum absolute atomic E-state index is 0.185. The van der Waals surface area contributed by atoms with Crippen LogP contribution in [0, 0.1) is 0 Å². The Balaban J connectivity index is 2.06. The molecule has 0 saturated carbocycles. The Bertz CT molecular complexity index is 574. The summed E-state index contributed by atoms with van der Waals surface area (Å²) in [5, 5.41) is 1.38. The van der Waals surface area contributed by atoms with Crippen LogP contribution in [0.2, 0.25) is 0 Å². The third kappa shape index (κ3) is 2.20. The Morgan fingerprint density at radius 1 is 1.24 bits per heavy atom. The van der Waals surface area contributed by atoms with Crippen molar-refractivity contribution < 1.29 is 0 Å². The number of allylic oxidation sites excluding steroid dienone is 2. The summed E-state index contributed by atoms with van der Waals surface area (Å²) >= 11 is 6.18. The average Bonchev–Trinajstić information content (AvgIpc) is 2.38. The van der Waals surface area contributed by atoms with Gasteiger partial charge in [-0.1, -0.05) is 24.3 Å². The number of para-hydroxylation sites is 1. The topological polar surface area (TPSA) is 12.9 Å². The van der Waals surface area contributed by atoms with Crippen molar-refractivity contribution in [3.05, 3.63) is 48.2 Å². The maximum Gasteiger partial charge on any atom is 0.0702 e. The van der Waals surface area contributed by atoms with Crippen LogP contribution in [0.15, 0.2) is 42.6 Å². The molecule has 1 aromatic heterocycles. The zero-order valence-electron chi connectivity index (χ0n) is 9.57. The molecular weight excluding hydrogens is 230 g/mol. The first kappa shape index (κ1) is 10.8. The van der Waals surface area contributed by atoms with Crippen LogP contribution in [-0.4, -0.2) is 10.4 Å². The standard InChI is InChI=1S/C15H14ClN/c16-14-6-3-5-11(9-14)13-8-12-4-1-2-7-15(12)17-10-13/h1-2,4,7-10,14H,3,5-6H2. The quantitative estimate of drug-likeness (QED) is 0.676. The lowest BCUT2D eigenvalue weighted by molar-refractivity contribution is 0.747. The first-order valence-electron chi connectivity index (χ1n) is 6.03. The predicted octanol–water partition coefficient (Wildman–Crippen LogP) is 4.41. The molecule has 1 aliphatic rings. The van der Waals surface area contributed by atoms with E-state index >= 15 is 0 Å². The summed E-state index contributed by atoms with van der Waals surface area (Å²) in [6, 6.07) is 10.4. The Kier molecular flexibility index (Phi) is 2.86. The highest BCUT2D eigenvalue weighted by molar-refractivity contribution is 6.22. The molecule has 0 amide bonds. The van der Waals surface area contributed by atoms with Crippen LogP contribution in [0.1, 0.15) is 24.8 Å². The summed E-state index contributed by atoms with van der Waals surface area (Å²) in [5.41, 5.74) is 3.61. The van der Waals surface area contributed by atoms with Gasteiger partial charge in [0.1, 0.15) is 0 Å². The largest absolute Gasteiger partial charge is 0.256 e. The molecule has 0 bridgehead atoms. The highest BCUT2D eigenvalue weighted by Gasteiger charge is 2.12. The van der Waals surface area contributed by atoms with Crippen molar-refractivity contribution in [2.24, 2.45) is 0 Å². The van der Waals surface area contributed by atoms with Gasteiger partial charge in [0, 0.05) is 11.6 Å². The molecule has 1 heterocycles. The molecule has 0 spiro atoms. The van der Waals surface area contributed by atoms with Gasteiger partial charge in [-0.05, 0) is 42.5 Å². The number of hydrogen-bond acceptors (Lipinski definition) is 1. The van der Waals surface area contributed by atoms with Crippen LogP contribution >= 0.6 is 11.6 Å². The molecule has 86 valence electrons. The number of nitrogens with zero attached hydrogens (tertiary/aromatic N) is 1. The molecule has 1 aliphatic carbocycles. The first-order chi connectivity index (χ1) is 8.33. The van der Waals surface area contributed by atoms with Crippen molar-refractivity contribution in [1.29, 1.82) is 0 Å². The monoisotopic (exact) mass is 243 g/mol. The van der Waals surface area contributed by atoms with Gasteiger partial charge < -0.3 is 0 Å². The summed E-state index contributed by atoms with van der Waals surface area (Å²) < 4.78 is 0. The summed E-state index contributed by atoms with van der Waals surface area (Å²) in [5.74, 6) is 0. The van der Waals surface area contributed by atoms with Gasteiger partial charge in [0.15, 0.2) is 0 Å². The summed E-state index contributed by atoms with van der Waals surface area (Å²) in [4.78, 5) is 4.50. The Labute approximate surface area is 106 Å². The van der Waals surface area contributed by atoms with Gasteiger partial charge in [-0.2, -0.15) is 0 Å². The number of pyridine rings is 1. The van der Waals surface area contributed by atoms with Gasteiger partial charge in [0.25, 0.3) is 0 Å². The smallest absolute Gasteiger partial charge is 0.0702 e. The van der Waals surface area contributed by atoms with E-state index in [2.05, 4.69) is 23.2 Å². The van der Waals surface area contributed by atoms with Gasteiger partial charge in [0.05, 0.1) is 10.9 Å². The van der Waals surface area contributed by atoms with E-state index < -0.39 is 0 Å². The number of aromatic nitrogens is 1. The lowest BCUT2D eigenvalue weighted by Gasteiger charge is -2.16. The van der Waals surface area contributed by atoms with Crippen molar-refractivity contribution in [2.75, 3.05) is 0 Å². The summed E-state index contributed by atoms with van der Waals surface area (Å²) in [7, 11) is 0. The van der Waals surface area contributed by atoms with Crippen LogP contribution in [0.4, 0.5) is 0 Å². The molecule has 0 N–H and O–H groups in total. The number of halogens is 1. The highest BCUT2D eigenvalue weighted by atomic mass is 35.5. The zero-order chi connectivity index (χ0) is 11.7. The van der Waals surface area contributed by atoms with Crippen LogP contribution in [-0.2, 0) is 0 Å². The molecule has 2 aromatic rings. The second-order valence-corrected chi connectivity index (χ2v) is 5.08. The van der Waals surface area contributed by atoms with E-state index in [0.717, 1.165) is 18.4 Å². The number of fused-ring (bicyclic) bond motifs is 1. The van der Waals surface area contributed by atoms with Gasteiger partial charge in [-0.25, -0.2) is 0 Å². The zero-order valence-corrected chi connectivity index (χ0v) is 10.3. The lowest BCUT2D eigenvalue weighted by atomic mass is 9.94. The van der Waals surface area contributed by atoms with Gasteiger partial charge in [-0.15, -0.1) is 11.6 Å². The van der Waals surface area contributed by atoms with Crippen LogP contribution in [0.3, 0.4) is 0 Å². The van der Waals surface area contributed by atoms with E-state index in [1.807, 2.05) is 24.4 Å². The Hall–Kier alpha value is -1.34. The van der Waals surface area contributed by atoms with E-state index in [1.54, 1.807) is 0 Å². The fourth-order valence-corrected chi connectivity index (χ4v) is 2.67. The molecule has 0 aliphatic heterocycles. The van der Waals surface area contributed by atoms with Crippen LogP contribution < -0.4 is 0 Å². The van der Waals surface area contributed by atoms with Crippen LogP contribution in [0.5, 0.6) is 0 Å². The van der Waals surface area contributed by atoms with Crippen molar-refractivity contribution in [1.82, 2.24) is 4.98 Å². The van der Waals surface area contributed by atoms with Crippen molar-refractivity contribution >= 4 is 28.1 Å². The average molecular weight is 244 g/mol. The second-order valence-electron chi connectivity index (χ2n) is 4.52.